The first-order valence-electron chi connectivity index (χ1n) is 6.30. The zero-order valence-electron chi connectivity index (χ0n) is 10.7. The molecule has 0 spiro atoms. The molecule has 1 aliphatic heterocycles. The summed E-state index contributed by atoms with van der Waals surface area (Å²) in [6, 6.07) is 9.29. The van der Waals surface area contributed by atoms with Crippen molar-refractivity contribution in [1.82, 2.24) is 9.97 Å². The second-order valence-corrected chi connectivity index (χ2v) is 5.42. The van der Waals surface area contributed by atoms with Gasteiger partial charge in [0.25, 0.3) is 5.56 Å². The number of fused-ring (bicyclic) bond motifs is 1. The van der Waals surface area contributed by atoms with E-state index >= 15 is 0 Å². The maximum atomic E-state index is 12.3. The van der Waals surface area contributed by atoms with Gasteiger partial charge < -0.3 is 9.88 Å². The normalized spacial score (nSPS) is 13.3. The van der Waals surface area contributed by atoms with Gasteiger partial charge in [0, 0.05) is 24.5 Å². The molecule has 1 aliphatic rings. The second kappa shape index (κ2) is 5.50. The Morgan fingerprint density at radius 2 is 2.20 bits per heavy atom. The molecule has 0 unspecified atom stereocenters. The number of carbonyl (C=O) groups is 1. The van der Waals surface area contributed by atoms with Crippen molar-refractivity contribution < 1.29 is 4.79 Å². The topological polar surface area (TPSA) is 66.1 Å². The highest BCUT2D eigenvalue weighted by Gasteiger charge is 2.23. The molecule has 2 aromatic rings. The number of hydrogen-bond donors (Lipinski definition) is 1. The lowest BCUT2D eigenvalue weighted by Gasteiger charge is -2.16. The summed E-state index contributed by atoms with van der Waals surface area (Å²) in [5, 5.41) is 0.471. The molecular weight excluding hydrogens is 274 g/mol. The van der Waals surface area contributed by atoms with E-state index in [1.54, 1.807) is 4.90 Å². The summed E-state index contributed by atoms with van der Waals surface area (Å²) >= 11 is 1.25. The molecule has 2 heterocycles. The minimum absolute atomic E-state index is 0.0338. The lowest BCUT2D eigenvalue weighted by Crippen LogP contribution is -2.30. The molecule has 1 aromatic carbocycles. The molecule has 6 heteroatoms. The van der Waals surface area contributed by atoms with Gasteiger partial charge in [0.05, 0.1) is 5.75 Å². The average Bonchev–Trinajstić information content (AvgIpc) is 2.89. The Hall–Kier alpha value is -2.08. The quantitative estimate of drug-likeness (QED) is 0.685. The van der Waals surface area contributed by atoms with Crippen molar-refractivity contribution >= 4 is 23.4 Å². The van der Waals surface area contributed by atoms with E-state index in [-0.39, 0.29) is 17.2 Å². The minimum atomic E-state index is -0.207. The van der Waals surface area contributed by atoms with Gasteiger partial charge >= 0.3 is 0 Å². The van der Waals surface area contributed by atoms with Crippen LogP contribution in [-0.2, 0) is 11.2 Å². The number of carbonyl (C=O) groups excluding carboxylic acids is 1. The van der Waals surface area contributed by atoms with E-state index in [0.717, 1.165) is 18.7 Å². The number of aromatic amines is 1. The van der Waals surface area contributed by atoms with Crippen LogP contribution < -0.4 is 10.5 Å². The molecule has 1 aromatic heterocycles. The minimum Gasteiger partial charge on any atom is -0.311 e. The standard InChI is InChI=1S/C14H13N3O2S/c18-12-5-7-15-14(16-12)20-9-13(19)17-8-6-10-3-1-2-4-11(10)17/h1-5,7H,6,8-9H2,(H,15,16,18). The van der Waals surface area contributed by atoms with Crippen LogP contribution >= 0.6 is 11.8 Å². The lowest BCUT2D eigenvalue weighted by atomic mass is 10.2. The first-order chi connectivity index (χ1) is 9.74. The van der Waals surface area contributed by atoms with Crippen LogP contribution in [-0.4, -0.2) is 28.2 Å². The van der Waals surface area contributed by atoms with Crippen LogP contribution in [0.15, 0.2) is 46.5 Å². The summed E-state index contributed by atoms with van der Waals surface area (Å²) in [5.41, 5.74) is 1.99. The summed E-state index contributed by atoms with van der Waals surface area (Å²) in [6.45, 7) is 0.720. The Morgan fingerprint density at radius 1 is 1.35 bits per heavy atom. The third kappa shape index (κ3) is 2.60. The molecule has 0 aliphatic carbocycles. The number of thioether (sulfide) groups is 1. The summed E-state index contributed by atoms with van der Waals surface area (Å²) in [7, 11) is 0. The van der Waals surface area contributed by atoms with E-state index in [1.165, 1.54) is 29.6 Å². The van der Waals surface area contributed by atoms with Crippen molar-refractivity contribution in [3.63, 3.8) is 0 Å². The predicted molar refractivity (Wildman–Crippen MR) is 78.1 cm³/mol. The Kier molecular flexibility index (Phi) is 3.56. The summed E-state index contributed by atoms with van der Waals surface area (Å²) in [5.74, 6) is 0.299. The molecule has 0 bridgehead atoms. The van der Waals surface area contributed by atoms with Crippen LogP contribution in [0.5, 0.6) is 0 Å². The van der Waals surface area contributed by atoms with Crippen molar-refractivity contribution in [2.45, 2.75) is 11.6 Å². The average molecular weight is 287 g/mol. The van der Waals surface area contributed by atoms with Crippen molar-refractivity contribution in [2.24, 2.45) is 0 Å². The maximum absolute atomic E-state index is 12.3. The monoisotopic (exact) mass is 287 g/mol. The van der Waals surface area contributed by atoms with Gasteiger partial charge in [-0.2, -0.15) is 0 Å². The fourth-order valence-corrected chi connectivity index (χ4v) is 2.95. The van der Waals surface area contributed by atoms with Crippen LogP contribution in [0.4, 0.5) is 5.69 Å². The van der Waals surface area contributed by atoms with Gasteiger partial charge in [0.15, 0.2) is 5.16 Å². The fourth-order valence-electron chi connectivity index (χ4n) is 2.23. The lowest BCUT2D eigenvalue weighted by molar-refractivity contribution is -0.116. The van der Waals surface area contributed by atoms with Crippen LogP contribution in [0, 0.1) is 0 Å². The van der Waals surface area contributed by atoms with E-state index in [1.807, 2.05) is 24.3 Å². The first kappa shape index (κ1) is 12.9. The molecule has 0 saturated heterocycles. The number of H-pyrrole nitrogens is 1. The Bertz CT molecular complexity index is 699. The Labute approximate surface area is 120 Å². The van der Waals surface area contributed by atoms with Gasteiger partial charge in [-0.3, -0.25) is 9.59 Å². The number of nitrogens with zero attached hydrogens (tertiary/aromatic N) is 2. The number of aromatic nitrogens is 2. The summed E-state index contributed by atoms with van der Waals surface area (Å²) in [4.78, 5) is 31.8. The zero-order valence-corrected chi connectivity index (χ0v) is 11.5. The summed E-state index contributed by atoms with van der Waals surface area (Å²) in [6.07, 6.45) is 2.34. The van der Waals surface area contributed by atoms with Crippen molar-refractivity contribution in [3.05, 3.63) is 52.4 Å². The van der Waals surface area contributed by atoms with Crippen LogP contribution in [0.25, 0.3) is 0 Å². The fraction of sp³-hybridized carbons (Fsp3) is 0.214. The van der Waals surface area contributed by atoms with Crippen LogP contribution in [0.1, 0.15) is 5.56 Å². The molecule has 20 heavy (non-hydrogen) atoms. The van der Waals surface area contributed by atoms with E-state index in [4.69, 9.17) is 0 Å². The van der Waals surface area contributed by atoms with Crippen LogP contribution in [0.3, 0.4) is 0 Å². The highest BCUT2D eigenvalue weighted by Crippen LogP contribution is 2.28. The van der Waals surface area contributed by atoms with Crippen molar-refractivity contribution in [2.75, 3.05) is 17.2 Å². The first-order valence-corrected chi connectivity index (χ1v) is 7.29. The van der Waals surface area contributed by atoms with Gasteiger partial charge in [-0.15, -0.1) is 0 Å². The van der Waals surface area contributed by atoms with Gasteiger partial charge in [-0.1, -0.05) is 30.0 Å². The maximum Gasteiger partial charge on any atom is 0.251 e. The number of nitrogens with one attached hydrogen (secondary N) is 1. The number of para-hydroxylation sites is 1. The largest absolute Gasteiger partial charge is 0.311 e. The SMILES string of the molecule is O=C(CSc1nccc(=O)[nH]1)N1CCc2ccccc21. The Balaban J connectivity index is 1.68. The van der Waals surface area contributed by atoms with Gasteiger partial charge in [-0.05, 0) is 18.1 Å². The second-order valence-electron chi connectivity index (χ2n) is 4.45. The van der Waals surface area contributed by atoms with Gasteiger partial charge in [0.1, 0.15) is 0 Å². The molecule has 1 amide bonds. The highest BCUT2D eigenvalue weighted by atomic mass is 32.2. The zero-order chi connectivity index (χ0) is 13.9. The van der Waals surface area contributed by atoms with E-state index < -0.39 is 0 Å². The number of hydrogen-bond acceptors (Lipinski definition) is 4. The molecule has 0 fully saturated rings. The summed E-state index contributed by atoms with van der Waals surface area (Å²) < 4.78 is 0. The van der Waals surface area contributed by atoms with Crippen LogP contribution in [0.2, 0.25) is 0 Å². The van der Waals surface area contributed by atoms with E-state index in [2.05, 4.69) is 9.97 Å². The Morgan fingerprint density at radius 3 is 3.05 bits per heavy atom. The third-order valence-corrected chi connectivity index (χ3v) is 4.04. The van der Waals surface area contributed by atoms with Crippen molar-refractivity contribution in [3.8, 4) is 0 Å². The van der Waals surface area contributed by atoms with Crippen molar-refractivity contribution in [1.29, 1.82) is 0 Å². The van der Waals surface area contributed by atoms with Gasteiger partial charge in [-0.25, -0.2) is 4.98 Å². The molecule has 0 atom stereocenters. The third-order valence-electron chi connectivity index (χ3n) is 3.17. The number of anilines is 1. The number of amides is 1. The van der Waals surface area contributed by atoms with E-state index in [0.29, 0.717) is 5.16 Å². The molecule has 0 saturated carbocycles. The van der Waals surface area contributed by atoms with Gasteiger partial charge in [0.2, 0.25) is 5.91 Å². The molecule has 3 rings (SSSR count). The number of benzene rings is 1. The molecular formula is C14H13N3O2S. The molecule has 102 valence electrons. The predicted octanol–water partition coefficient (Wildman–Crippen LogP) is 1.45. The highest BCUT2D eigenvalue weighted by molar-refractivity contribution is 7.99. The smallest absolute Gasteiger partial charge is 0.251 e. The van der Waals surface area contributed by atoms with E-state index in [9.17, 15) is 9.59 Å². The number of rotatable bonds is 3. The molecule has 1 N–H and O–H groups in total. The molecule has 5 nitrogen and oxygen atoms in total. The molecule has 0 radical (unpaired) electrons.